The Labute approximate surface area is 165 Å². The minimum Gasteiger partial charge on any atom is -0.385 e. The Morgan fingerprint density at radius 3 is 2.22 bits per heavy atom. The van der Waals surface area contributed by atoms with Crippen LogP contribution in [0.25, 0.3) is 0 Å². The Hall–Kier alpha value is -0.743. The third kappa shape index (κ3) is 6.38. The van der Waals surface area contributed by atoms with Crippen LogP contribution in [0.3, 0.4) is 0 Å². The summed E-state index contributed by atoms with van der Waals surface area (Å²) in [5, 5.41) is 0. The maximum atomic E-state index is 13.5. The van der Waals surface area contributed by atoms with Crippen molar-refractivity contribution in [1.29, 1.82) is 0 Å². The van der Waals surface area contributed by atoms with Gasteiger partial charge in [0.05, 0.1) is 0 Å². The minimum atomic E-state index is -0.732. The van der Waals surface area contributed by atoms with Gasteiger partial charge in [0.15, 0.2) is 11.6 Å². The van der Waals surface area contributed by atoms with E-state index in [1.165, 1.54) is 63.1 Å². The van der Waals surface area contributed by atoms with Gasteiger partial charge in [0.2, 0.25) is 0 Å². The van der Waals surface area contributed by atoms with Gasteiger partial charge in [-0.3, -0.25) is 0 Å². The Morgan fingerprint density at radius 1 is 0.926 bits per heavy atom. The van der Waals surface area contributed by atoms with Crippen LogP contribution >= 0.6 is 0 Å². The molecule has 2 fully saturated rings. The molecule has 1 nitrogen and oxygen atoms in total. The van der Waals surface area contributed by atoms with Gasteiger partial charge < -0.3 is 4.74 Å². The van der Waals surface area contributed by atoms with E-state index in [0.717, 1.165) is 36.8 Å². The lowest BCUT2D eigenvalue weighted by Crippen LogP contribution is -2.22. The molecule has 2 aliphatic rings. The summed E-state index contributed by atoms with van der Waals surface area (Å²) in [5.41, 5.74) is 0.990. The number of benzene rings is 1. The molecule has 1 aromatic rings. The second-order valence-electron chi connectivity index (χ2n) is 8.99. The summed E-state index contributed by atoms with van der Waals surface area (Å²) in [5.74, 6) is 0.813. The fraction of sp³-hybridized carbons (Fsp3) is 0.739. The highest BCUT2D eigenvalue weighted by atomic mass is 28.3. The van der Waals surface area contributed by atoms with Gasteiger partial charge in [-0.25, -0.2) is 8.78 Å². The van der Waals surface area contributed by atoms with Crippen molar-refractivity contribution in [2.45, 2.75) is 81.8 Å². The van der Waals surface area contributed by atoms with E-state index in [4.69, 9.17) is 4.74 Å². The lowest BCUT2D eigenvalue weighted by atomic mass is 9.76. The van der Waals surface area contributed by atoms with E-state index in [1.807, 2.05) is 7.11 Å². The molecule has 1 aromatic carbocycles. The maximum absolute atomic E-state index is 13.5. The van der Waals surface area contributed by atoms with Crippen molar-refractivity contribution in [2.24, 2.45) is 11.8 Å². The van der Waals surface area contributed by atoms with E-state index < -0.39 is 20.4 Å². The zero-order chi connectivity index (χ0) is 19.1. The zero-order valence-electron chi connectivity index (χ0n) is 16.9. The normalized spacial score (nSPS) is 29.0. The van der Waals surface area contributed by atoms with Gasteiger partial charge in [-0.15, -0.1) is 0 Å². The van der Waals surface area contributed by atoms with Crippen LogP contribution in [0.4, 0.5) is 8.78 Å². The molecule has 0 spiro atoms. The standard InChI is InChI=1S/C23H36F2OSi/c1-26-13-2-14-27-15-11-19(12-16-27)4-3-18-5-7-20(8-6-18)21-9-10-22(24)23(25)17-21/h9-10,17-20,27H,2-8,11-16H2,1H3. The molecule has 1 heterocycles. The lowest BCUT2D eigenvalue weighted by molar-refractivity contribution is 0.199. The molecule has 0 bridgehead atoms. The van der Waals surface area contributed by atoms with Gasteiger partial charge in [-0.1, -0.05) is 49.9 Å². The summed E-state index contributed by atoms with van der Waals surface area (Å²) in [6, 6.07) is 9.06. The molecule has 1 aliphatic heterocycles. The molecular weight excluding hydrogens is 358 g/mol. The number of methoxy groups -OCH3 is 1. The zero-order valence-corrected chi connectivity index (χ0v) is 18.1. The SMILES string of the molecule is COCCC[SiH]1CCC(CCC2CCC(c3ccc(F)c(F)c3)CC2)CC1. The van der Waals surface area contributed by atoms with Crippen molar-refractivity contribution in [1.82, 2.24) is 0 Å². The number of hydrogen-bond acceptors (Lipinski definition) is 1. The largest absolute Gasteiger partial charge is 0.385 e. The van der Waals surface area contributed by atoms with Gasteiger partial charge in [-0.2, -0.15) is 0 Å². The van der Waals surface area contributed by atoms with Gasteiger partial charge in [0.1, 0.15) is 0 Å². The van der Waals surface area contributed by atoms with Crippen molar-refractivity contribution in [3.05, 3.63) is 35.4 Å². The predicted molar refractivity (Wildman–Crippen MR) is 111 cm³/mol. The van der Waals surface area contributed by atoms with Crippen molar-refractivity contribution in [3.8, 4) is 0 Å². The predicted octanol–water partition coefficient (Wildman–Crippen LogP) is 6.69. The van der Waals surface area contributed by atoms with E-state index in [1.54, 1.807) is 18.2 Å². The molecule has 1 saturated carbocycles. The van der Waals surface area contributed by atoms with Crippen LogP contribution in [0, 0.1) is 23.5 Å². The van der Waals surface area contributed by atoms with Crippen LogP contribution in [0.5, 0.6) is 0 Å². The average Bonchev–Trinajstić information content (AvgIpc) is 2.70. The summed E-state index contributed by atoms with van der Waals surface area (Å²) >= 11 is 0. The molecule has 0 amide bonds. The fourth-order valence-corrected chi connectivity index (χ4v) is 8.84. The monoisotopic (exact) mass is 394 g/mol. The number of ether oxygens (including phenoxy) is 1. The summed E-state index contributed by atoms with van der Waals surface area (Å²) in [6.07, 6.45) is 11.8. The first-order chi connectivity index (χ1) is 13.2. The van der Waals surface area contributed by atoms with Gasteiger partial charge in [0.25, 0.3) is 0 Å². The highest BCUT2D eigenvalue weighted by molar-refractivity contribution is 6.58. The van der Waals surface area contributed by atoms with Crippen molar-refractivity contribution >= 4 is 8.80 Å². The molecule has 1 saturated heterocycles. The highest BCUT2D eigenvalue weighted by Crippen LogP contribution is 2.39. The Kier molecular flexibility index (Phi) is 8.32. The molecule has 0 N–H and O–H groups in total. The summed E-state index contributed by atoms with van der Waals surface area (Å²) in [6.45, 7) is 0.945. The van der Waals surface area contributed by atoms with Crippen LogP contribution in [0.1, 0.15) is 69.3 Å². The van der Waals surface area contributed by atoms with E-state index in [9.17, 15) is 8.78 Å². The number of halogens is 2. The lowest BCUT2D eigenvalue weighted by Gasteiger charge is -2.32. The van der Waals surface area contributed by atoms with Crippen LogP contribution in [0.15, 0.2) is 18.2 Å². The highest BCUT2D eigenvalue weighted by Gasteiger charge is 2.26. The molecule has 0 unspecified atom stereocenters. The van der Waals surface area contributed by atoms with Crippen molar-refractivity contribution < 1.29 is 13.5 Å². The summed E-state index contributed by atoms with van der Waals surface area (Å²) in [7, 11) is 1.37. The Bertz CT molecular complexity index is 563. The molecule has 0 aromatic heterocycles. The number of rotatable bonds is 8. The van der Waals surface area contributed by atoms with Gasteiger partial charge >= 0.3 is 0 Å². The average molecular weight is 395 g/mol. The molecule has 0 radical (unpaired) electrons. The first kappa shape index (κ1) is 21.0. The molecule has 0 atom stereocenters. The summed E-state index contributed by atoms with van der Waals surface area (Å²) < 4.78 is 31.8. The molecule has 4 heteroatoms. The van der Waals surface area contributed by atoms with Crippen LogP contribution in [-0.2, 0) is 4.74 Å². The van der Waals surface area contributed by atoms with Crippen LogP contribution in [-0.4, -0.2) is 22.5 Å². The minimum absolute atomic E-state index is 0.421. The fourth-order valence-electron chi connectivity index (χ4n) is 5.35. The smallest absolute Gasteiger partial charge is 0.159 e. The molecule has 152 valence electrons. The third-order valence-electron chi connectivity index (χ3n) is 7.17. The van der Waals surface area contributed by atoms with E-state index in [-0.39, 0.29) is 0 Å². The van der Waals surface area contributed by atoms with Crippen molar-refractivity contribution in [3.63, 3.8) is 0 Å². The molecular formula is C23H36F2OSi. The molecule has 27 heavy (non-hydrogen) atoms. The first-order valence-corrected chi connectivity index (χ1v) is 13.5. The van der Waals surface area contributed by atoms with Gasteiger partial charge in [-0.05, 0) is 67.6 Å². The number of hydrogen-bond donors (Lipinski definition) is 0. The quantitative estimate of drug-likeness (QED) is 0.352. The van der Waals surface area contributed by atoms with Crippen LogP contribution < -0.4 is 0 Å². The van der Waals surface area contributed by atoms with Crippen molar-refractivity contribution in [2.75, 3.05) is 13.7 Å². The summed E-state index contributed by atoms with van der Waals surface area (Å²) in [4.78, 5) is 0. The first-order valence-electron chi connectivity index (χ1n) is 11.1. The van der Waals surface area contributed by atoms with E-state index in [0.29, 0.717) is 5.92 Å². The molecule has 1 aliphatic carbocycles. The van der Waals surface area contributed by atoms with Gasteiger partial charge in [0, 0.05) is 22.5 Å². The molecule has 3 rings (SSSR count). The van der Waals surface area contributed by atoms with Crippen LogP contribution in [0.2, 0.25) is 18.1 Å². The Morgan fingerprint density at radius 2 is 1.59 bits per heavy atom. The van der Waals surface area contributed by atoms with E-state index in [2.05, 4.69) is 0 Å². The topological polar surface area (TPSA) is 9.23 Å². The Balaban J connectivity index is 1.32. The second-order valence-corrected chi connectivity index (χ2v) is 12.5. The van der Waals surface area contributed by atoms with E-state index >= 15 is 0 Å². The second kappa shape index (κ2) is 10.7. The third-order valence-corrected chi connectivity index (χ3v) is 10.7. The maximum Gasteiger partial charge on any atom is 0.159 e.